The van der Waals surface area contributed by atoms with E-state index in [1.165, 1.54) is 43.3 Å². The van der Waals surface area contributed by atoms with Gasteiger partial charge >= 0.3 is 23.9 Å². The number of carbonyl (C=O) groups excluding carboxylic acids is 5. The molecule has 2 aromatic carbocycles. The molecule has 40 heavy (non-hydrogen) atoms. The number of nitriles is 1. The minimum atomic E-state index is -1.40. The van der Waals surface area contributed by atoms with Crippen LogP contribution in [-0.2, 0) is 42.9 Å². The van der Waals surface area contributed by atoms with Crippen LogP contribution in [0.2, 0.25) is 0 Å². The maximum Gasteiger partial charge on any atom is 0.303 e. The van der Waals surface area contributed by atoms with Crippen LogP contribution in [0.25, 0.3) is 0 Å². The van der Waals surface area contributed by atoms with Crippen LogP contribution in [0.5, 0.6) is 5.75 Å². The average Bonchev–Trinajstić information content (AvgIpc) is 2.90. The lowest BCUT2D eigenvalue weighted by atomic mass is 9.98. The number of carbonyl (C=O) groups is 5. The summed E-state index contributed by atoms with van der Waals surface area (Å²) in [5.41, 5.74) is 1.14. The van der Waals surface area contributed by atoms with Crippen molar-refractivity contribution in [3.63, 3.8) is 0 Å². The summed E-state index contributed by atoms with van der Waals surface area (Å²) in [4.78, 5) is 60.0. The maximum absolute atomic E-state index is 12.8. The Balaban J connectivity index is 1.90. The molecular weight excluding hydrogens is 526 g/mol. The molecule has 0 unspecified atom stereocenters. The van der Waals surface area contributed by atoms with E-state index in [9.17, 15) is 24.0 Å². The van der Waals surface area contributed by atoms with E-state index >= 15 is 0 Å². The normalized spacial score (nSPS) is 21.7. The van der Waals surface area contributed by atoms with E-state index in [1.54, 1.807) is 12.1 Å². The van der Waals surface area contributed by atoms with Crippen molar-refractivity contribution in [2.45, 2.75) is 58.4 Å². The fourth-order valence-corrected chi connectivity index (χ4v) is 3.97. The van der Waals surface area contributed by atoms with E-state index in [0.29, 0.717) is 16.7 Å². The number of nitrogens with zero attached hydrogens (tertiary/aromatic N) is 1. The molecule has 12 heteroatoms. The Morgan fingerprint density at radius 2 is 1.23 bits per heavy atom. The Hall–Kier alpha value is -4.76. The van der Waals surface area contributed by atoms with Gasteiger partial charge in [0.25, 0.3) is 0 Å². The van der Waals surface area contributed by atoms with Crippen LogP contribution in [0.4, 0.5) is 0 Å². The summed E-state index contributed by atoms with van der Waals surface area (Å²) in [6.07, 6.45) is -6.63. The molecule has 1 saturated heterocycles. The smallest absolute Gasteiger partial charge is 0.303 e. The minimum Gasteiger partial charge on any atom is -0.463 e. The molecular formula is C28H27NO11. The Bertz CT molecular complexity index is 1300. The lowest BCUT2D eigenvalue weighted by Gasteiger charge is -2.43. The Morgan fingerprint density at radius 3 is 1.73 bits per heavy atom. The van der Waals surface area contributed by atoms with E-state index in [0.717, 1.165) is 20.8 Å². The zero-order valence-corrected chi connectivity index (χ0v) is 22.2. The van der Waals surface area contributed by atoms with Crippen molar-refractivity contribution in [1.82, 2.24) is 0 Å². The van der Waals surface area contributed by atoms with Gasteiger partial charge in [-0.15, -0.1) is 0 Å². The summed E-state index contributed by atoms with van der Waals surface area (Å²) in [5.74, 6) is -3.02. The van der Waals surface area contributed by atoms with Gasteiger partial charge in [-0.2, -0.15) is 5.26 Å². The topological polar surface area (TPSA) is 165 Å². The van der Waals surface area contributed by atoms with Gasteiger partial charge in [-0.25, -0.2) is 0 Å². The predicted molar refractivity (Wildman–Crippen MR) is 134 cm³/mol. The van der Waals surface area contributed by atoms with Gasteiger partial charge in [-0.05, 0) is 48.5 Å². The van der Waals surface area contributed by atoms with Crippen LogP contribution in [0.1, 0.15) is 49.2 Å². The molecule has 0 bridgehead atoms. The summed E-state index contributed by atoms with van der Waals surface area (Å²) in [6, 6.07) is 14.1. The Morgan fingerprint density at radius 1 is 0.725 bits per heavy atom. The summed E-state index contributed by atoms with van der Waals surface area (Å²) < 4.78 is 33.0. The van der Waals surface area contributed by atoms with Crippen LogP contribution in [-0.4, -0.2) is 67.0 Å². The first-order chi connectivity index (χ1) is 19.0. The third kappa shape index (κ3) is 7.87. The first-order valence-corrected chi connectivity index (χ1v) is 12.1. The predicted octanol–water partition coefficient (Wildman–Crippen LogP) is 2.25. The standard InChI is InChI=1S/C28H27NO11/c1-15(30)35-14-23-25(36-16(2)31)26(37-17(3)32)27(38-18(4)33)28(40-23)39-22-11-9-21(10-12-22)24(34)20-7-5-19(13-29)6-8-20/h5-12,23,25-28H,14H2,1-4H3/t23-,25-,26+,27+,28+/m1/s1. The van der Waals surface area contributed by atoms with Crippen LogP contribution in [0.3, 0.4) is 0 Å². The van der Waals surface area contributed by atoms with Crippen LogP contribution in [0.15, 0.2) is 48.5 Å². The molecule has 1 fully saturated rings. The number of esters is 4. The second kappa shape index (κ2) is 13.3. The van der Waals surface area contributed by atoms with Gasteiger partial charge in [0, 0.05) is 38.8 Å². The maximum atomic E-state index is 12.8. The van der Waals surface area contributed by atoms with Crippen molar-refractivity contribution in [3.8, 4) is 11.8 Å². The third-order valence-corrected chi connectivity index (χ3v) is 5.59. The largest absolute Gasteiger partial charge is 0.463 e. The second-order valence-corrected chi connectivity index (χ2v) is 8.73. The molecule has 0 saturated carbocycles. The first-order valence-electron chi connectivity index (χ1n) is 12.1. The lowest BCUT2D eigenvalue weighted by molar-refractivity contribution is -0.288. The lowest BCUT2D eigenvalue weighted by Crippen LogP contribution is -2.63. The Kier molecular flexibility index (Phi) is 9.94. The highest BCUT2D eigenvalue weighted by atomic mass is 16.7. The van der Waals surface area contributed by atoms with Gasteiger partial charge in [-0.1, -0.05) is 0 Å². The Labute approximate surface area is 229 Å². The van der Waals surface area contributed by atoms with Crippen LogP contribution in [0, 0.1) is 11.3 Å². The molecule has 0 spiro atoms. The van der Waals surface area contributed by atoms with Gasteiger partial charge in [-0.3, -0.25) is 24.0 Å². The molecule has 0 N–H and O–H groups in total. The number of hydrogen-bond acceptors (Lipinski definition) is 12. The van der Waals surface area contributed by atoms with E-state index in [1.807, 2.05) is 6.07 Å². The third-order valence-electron chi connectivity index (χ3n) is 5.59. The van der Waals surface area contributed by atoms with Gasteiger partial charge < -0.3 is 28.4 Å². The van der Waals surface area contributed by atoms with Gasteiger partial charge in [0.15, 0.2) is 18.0 Å². The number of ketones is 1. The number of ether oxygens (including phenoxy) is 6. The van der Waals surface area contributed by atoms with Gasteiger partial charge in [0.1, 0.15) is 18.5 Å². The van der Waals surface area contributed by atoms with E-state index in [-0.39, 0.29) is 11.5 Å². The monoisotopic (exact) mass is 553 g/mol. The summed E-state index contributed by atoms with van der Waals surface area (Å²) in [7, 11) is 0. The molecule has 1 aliphatic rings. The summed E-state index contributed by atoms with van der Waals surface area (Å²) >= 11 is 0. The number of rotatable bonds is 9. The molecule has 0 aliphatic carbocycles. The van der Waals surface area contributed by atoms with E-state index in [2.05, 4.69) is 0 Å². The first kappa shape index (κ1) is 29.8. The fraction of sp³-hybridized carbons (Fsp3) is 0.357. The highest BCUT2D eigenvalue weighted by molar-refractivity contribution is 6.09. The molecule has 210 valence electrons. The number of hydrogen-bond donors (Lipinski definition) is 0. The van der Waals surface area contributed by atoms with Crippen molar-refractivity contribution in [2.75, 3.05) is 6.61 Å². The molecule has 5 atom stereocenters. The highest BCUT2D eigenvalue weighted by Gasteiger charge is 2.53. The van der Waals surface area contributed by atoms with Gasteiger partial charge in [0.05, 0.1) is 11.6 Å². The molecule has 1 heterocycles. The minimum absolute atomic E-state index is 0.192. The summed E-state index contributed by atoms with van der Waals surface area (Å²) in [5, 5.41) is 8.94. The van der Waals surface area contributed by atoms with E-state index < -0.39 is 61.2 Å². The van der Waals surface area contributed by atoms with E-state index in [4.69, 9.17) is 33.7 Å². The molecule has 2 aromatic rings. The quantitative estimate of drug-likeness (QED) is 0.253. The molecule has 0 aromatic heterocycles. The SMILES string of the molecule is CC(=O)OC[C@H]1O[C@H](Oc2ccc(C(=O)c3ccc(C#N)cc3)cc2)[C@@H](OC(C)=O)[C@@H](OC(C)=O)[C@@H]1OC(C)=O. The zero-order chi connectivity index (χ0) is 29.4. The molecule has 0 amide bonds. The van der Waals surface area contributed by atoms with Crippen molar-refractivity contribution in [2.24, 2.45) is 0 Å². The molecule has 12 nitrogen and oxygen atoms in total. The molecule has 3 rings (SSSR count). The van der Waals surface area contributed by atoms with Crippen LogP contribution >= 0.6 is 0 Å². The van der Waals surface area contributed by atoms with Gasteiger partial charge in [0.2, 0.25) is 12.4 Å². The van der Waals surface area contributed by atoms with Crippen molar-refractivity contribution < 1.29 is 52.4 Å². The zero-order valence-electron chi connectivity index (χ0n) is 22.2. The fourth-order valence-electron chi connectivity index (χ4n) is 3.97. The molecule has 0 radical (unpaired) electrons. The van der Waals surface area contributed by atoms with Crippen molar-refractivity contribution >= 4 is 29.7 Å². The average molecular weight is 554 g/mol. The van der Waals surface area contributed by atoms with Crippen molar-refractivity contribution in [1.29, 1.82) is 5.26 Å². The molecule has 1 aliphatic heterocycles. The number of benzene rings is 2. The van der Waals surface area contributed by atoms with Crippen LogP contribution < -0.4 is 4.74 Å². The highest BCUT2D eigenvalue weighted by Crippen LogP contribution is 2.31. The second-order valence-electron chi connectivity index (χ2n) is 8.73. The van der Waals surface area contributed by atoms with Crippen molar-refractivity contribution in [3.05, 3.63) is 65.2 Å². The summed E-state index contributed by atoms with van der Waals surface area (Å²) in [6.45, 7) is 4.14.